The van der Waals surface area contributed by atoms with E-state index in [1.54, 1.807) is 0 Å². The highest BCUT2D eigenvalue weighted by Gasteiger charge is 2.25. The second-order valence-electron chi connectivity index (χ2n) is 6.43. The molecule has 1 aromatic heterocycles. The highest BCUT2D eigenvalue weighted by Crippen LogP contribution is 2.17. The molecule has 0 aromatic carbocycles. The van der Waals surface area contributed by atoms with Crippen molar-refractivity contribution in [3.05, 3.63) is 32.6 Å². The first kappa shape index (κ1) is 19.2. The summed E-state index contributed by atoms with van der Waals surface area (Å²) in [7, 11) is 6.56. The van der Waals surface area contributed by atoms with Crippen molar-refractivity contribution in [3.8, 4) is 0 Å². The fourth-order valence-electron chi connectivity index (χ4n) is 2.40. The van der Waals surface area contributed by atoms with Gasteiger partial charge in [0.2, 0.25) is 0 Å². The first-order valence-electron chi connectivity index (χ1n) is 7.72. The first-order chi connectivity index (χ1) is 10.7. The smallest absolute Gasteiger partial charge is 0.331 e. The van der Waals surface area contributed by atoms with Crippen molar-refractivity contribution >= 4 is 5.97 Å². The number of hydrogen-bond acceptors (Lipinski definition) is 5. The summed E-state index contributed by atoms with van der Waals surface area (Å²) in [6.45, 7) is 4.62. The van der Waals surface area contributed by atoms with Gasteiger partial charge in [-0.3, -0.25) is 13.9 Å². The molecule has 1 aromatic rings. The van der Waals surface area contributed by atoms with Gasteiger partial charge in [-0.1, -0.05) is 13.8 Å². The van der Waals surface area contributed by atoms with Gasteiger partial charge < -0.3 is 9.64 Å². The maximum atomic E-state index is 12.4. The Bertz CT molecular complexity index is 658. The molecule has 0 saturated heterocycles. The van der Waals surface area contributed by atoms with Crippen LogP contribution in [0.3, 0.4) is 0 Å². The van der Waals surface area contributed by atoms with Crippen molar-refractivity contribution in [1.29, 1.82) is 0 Å². The number of nitrogens with zero attached hydrogens (tertiary/aromatic N) is 3. The van der Waals surface area contributed by atoms with E-state index in [9.17, 15) is 14.4 Å². The number of esters is 1. The minimum atomic E-state index is -0.725. The zero-order chi connectivity index (χ0) is 17.7. The van der Waals surface area contributed by atoms with Gasteiger partial charge in [-0.25, -0.2) is 9.59 Å². The Labute approximate surface area is 136 Å². The molecule has 1 rings (SSSR count). The molecular formula is C16H27N3O4. The minimum Gasteiger partial charge on any atom is -0.467 e. The maximum absolute atomic E-state index is 12.4. The van der Waals surface area contributed by atoms with Gasteiger partial charge >= 0.3 is 11.7 Å². The lowest BCUT2D eigenvalue weighted by Crippen LogP contribution is -2.43. The van der Waals surface area contributed by atoms with E-state index in [0.717, 1.165) is 4.57 Å². The molecule has 0 aliphatic carbocycles. The van der Waals surface area contributed by atoms with Crippen LogP contribution in [0, 0.1) is 5.92 Å². The van der Waals surface area contributed by atoms with Gasteiger partial charge in [-0.2, -0.15) is 0 Å². The van der Waals surface area contributed by atoms with Crippen LogP contribution in [0.5, 0.6) is 0 Å². The Balaban J connectivity index is 3.40. The van der Waals surface area contributed by atoms with Gasteiger partial charge in [0.25, 0.3) is 5.56 Å². The number of carbonyl (C=O) groups excluding carboxylic acids is 1. The number of aromatic nitrogens is 2. The van der Waals surface area contributed by atoms with Crippen molar-refractivity contribution in [3.63, 3.8) is 0 Å². The van der Waals surface area contributed by atoms with Crippen LogP contribution in [0.2, 0.25) is 0 Å². The Morgan fingerprint density at radius 2 is 1.91 bits per heavy atom. The number of ether oxygens (including phenoxy) is 1. The molecule has 7 heteroatoms. The molecule has 0 spiro atoms. The number of likely N-dealkylation sites (N-methyl/N-ethyl adjacent to an activating group) is 1. The van der Waals surface area contributed by atoms with Crippen molar-refractivity contribution in [2.75, 3.05) is 27.7 Å². The minimum absolute atomic E-state index is 0.202. The molecule has 0 N–H and O–H groups in total. The Hall–Kier alpha value is -1.89. The van der Waals surface area contributed by atoms with Gasteiger partial charge in [-0.05, 0) is 32.9 Å². The van der Waals surface area contributed by atoms with E-state index in [2.05, 4.69) is 0 Å². The van der Waals surface area contributed by atoms with Crippen molar-refractivity contribution in [1.82, 2.24) is 14.0 Å². The van der Waals surface area contributed by atoms with Crippen molar-refractivity contribution in [2.45, 2.75) is 32.7 Å². The van der Waals surface area contributed by atoms with E-state index in [-0.39, 0.29) is 11.5 Å². The van der Waals surface area contributed by atoms with Crippen LogP contribution in [-0.2, 0) is 23.0 Å². The van der Waals surface area contributed by atoms with Crippen LogP contribution in [0.15, 0.2) is 15.8 Å². The molecule has 1 atom stereocenters. The van der Waals surface area contributed by atoms with Gasteiger partial charge in [-0.15, -0.1) is 0 Å². The third kappa shape index (κ3) is 4.79. The Morgan fingerprint density at radius 3 is 2.39 bits per heavy atom. The zero-order valence-corrected chi connectivity index (χ0v) is 14.8. The molecule has 0 aliphatic heterocycles. The topological polar surface area (TPSA) is 73.5 Å². The average Bonchev–Trinajstić information content (AvgIpc) is 2.49. The lowest BCUT2D eigenvalue weighted by atomic mass is 10.0. The van der Waals surface area contributed by atoms with Crippen molar-refractivity contribution in [2.24, 2.45) is 13.0 Å². The van der Waals surface area contributed by atoms with Gasteiger partial charge in [0.05, 0.1) is 7.11 Å². The molecule has 23 heavy (non-hydrogen) atoms. The number of methoxy groups -OCH3 is 1. The van der Waals surface area contributed by atoms with Gasteiger partial charge in [0, 0.05) is 25.4 Å². The van der Waals surface area contributed by atoms with Crippen LogP contribution in [0.1, 0.15) is 31.9 Å². The van der Waals surface area contributed by atoms with E-state index >= 15 is 0 Å². The number of carbonyl (C=O) groups is 1. The highest BCUT2D eigenvalue weighted by molar-refractivity contribution is 5.74. The molecule has 1 heterocycles. The zero-order valence-electron chi connectivity index (χ0n) is 14.8. The summed E-state index contributed by atoms with van der Waals surface area (Å²) in [6.07, 6.45) is 2.49. The molecule has 0 amide bonds. The summed E-state index contributed by atoms with van der Waals surface area (Å²) in [5, 5.41) is 0. The van der Waals surface area contributed by atoms with Crippen LogP contribution in [0.25, 0.3) is 0 Å². The predicted molar refractivity (Wildman–Crippen MR) is 88.7 cm³/mol. The number of rotatable bonds is 7. The van der Waals surface area contributed by atoms with Crippen molar-refractivity contribution < 1.29 is 9.53 Å². The molecule has 7 nitrogen and oxygen atoms in total. The predicted octanol–water partition coefficient (Wildman–Crippen LogP) is 0.411. The standard InChI is InChI=1S/C16H27N3O4/c1-11(2)9-13(15(21)23-6)19-10-12(7-8-17(3)4)14(20)18(5)16(19)22/h10-11,13H,7-9H2,1-6H3. The largest absolute Gasteiger partial charge is 0.467 e. The fraction of sp³-hybridized carbons (Fsp3) is 0.688. The summed E-state index contributed by atoms with van der Waals surface area (Å²) in [6, 6.07) is -0.725. The summed E-state index contributed by atoms with van der Waals surface area (Å²) in [5.41, 5.74) is -0.306. The molecule has 0 fully saturated rings. The third-order valence-corrected chi connectivity index (χ3v) is 3.71. The van der Waals surface area contributed by atoms with Gasteiger partial charge in [0.1, 0.15) is 6.04 Å². The lowest BCUT2D eigenvalue weighted by Gasteiger charge is -2.21. The lowest BCUT2D eigenvalue weighted by molar-refractivity contribution is -0.145. The molecule has 0 radical (unpaired) electrons. The summed E-state index contributed by atoms with van der Waals surface area (Å²) in [4.78, 5) is 38.7. The first-order valence-corrected chi connectivity index (χ1v) is 7.72. The average molecular weight is 325 g/mol. The summed E-state index contributed by atoms with van der Waals surface area (Å²) >= 11 is 0. The van der Waals surface area contributed by atoms with E-state index < -0.39 is 17.7 Å². The Kier molecular flexibility index (Phi) is 6.75. The van der Waals surface area contributed by atoms with E-state index in [1.807, 2.05) is 32.8 Å². The monoisotopic (exact) mass is 325 g/mol. The third-order valence-electron chi connectivity index (χ3n) is 3.71. The van der Waals surface area contributed by atoms with Gasteiger partial charge in [0.15, 0.2) is 0 Å². The second-order valence-corrected chi connectivity index (χ2v) is 6.43. The second kappa shape index (κ2) is 8.10. The Morgan fingerprint density at radius 1 is 1.30 bits per heavy atom. The van der Waals surface area contributed by atoms with Crippen LogP contribution >= 0.6 is 0 Å². The molecule has 0 saturated carbocycles. The molecular weight excluding hydrogens is 298 g/mol. The van der Waals surface area contributed by atoms with E-state index in [0.29, 0.717) is 24.9 Å². The molecule has 0 bridgehead atoms. The van der Waals surface area contributed by atoms with Crippen LogP contribution in [-0.4, -0.2) is 47.8 Å². The van der Waals surface area contributed by atoms with Crippen LogP contribution in [0.4, 0.5) is 0 Å². The quantitative estimate of drug-likeness (QED) is 0.679. The maximum Gasteiger partial charge on any atom is 0.331 e. The number of hydrogen-bond donors (Lipinski definition) is 0. The summed E-state index contributed by atoms with van der Waals surface area (Å²) in [5.74, 6) is -0.272. The SMILES string of the molecule is COC(=O)C(CC(C)C)n1cc(CCN(C)C)c(=O)n(C)c1=O. The fourth-order valence-corrected chi connectivity index (χ4v) is 2.40. The molecule has 1 unspecified atom stereocenters. The molecule has 0 aliphatic rings. The summed E-state index contributed by atoms with van der Waals surface area (Å²) < 4.78 is 7.22. The molecule has 130 valence electrons. The van der Waals surface area contributed by atoms with E-state index in [4.69, 9.17) is 4.74 Å². The van der Waals surface area contributed by atoms with Crippen LogP contribution < -0.4 is 11.2 Å². The highest BCUT2D eigenvalue weighted by atomic mass is 16.5. The van der Waals surface area contributed by atoms with E-state index in [1.165, 1.54) is 24.9 Å². The normalized spacial score (nSPS) is 12.7.